The highest BCUT2D eigenvalue weighted by Crippen LogP contribution is 2.34. The monoisotopic (exact) mass is 258 g/mol. The molecule has 1 aromatic carbocycles. The quantitative estimate of drug-likeness (QED) is 0.913. The SMILES string of the molecule is CC(C)N(C)CCc1c[nH]c2ccc3c(c12)CCO3. The van der Waals surface area contributed by atoms with E-state index in [1.807, 2.05) is 0 Å². The van der Waals surface area contributed by atoms with Gasteiger partial charge in [0, 0.05) is 41.7 Å². The van der Waals surface area contributed by atoms with Crippen LogP contribution < -0.4 is 4.74 Å². The first-order chi connectivity index (χ1) is 9.16. The summed E-state index contributed by atoms with van der Waals surface area (Å²) in [7, 11) is 2.19. The van der Waals surface area contributed by atoms with E-state index in [1.165, 1.54) is 22.0 Å². The van der Waals surface area contributed by atoms with Gasteiger partial charge >= 0.3 is 0 Å². The molecule has 1 aliphatic heterocycles. The normalized spacial score (nSPS) is 14.4. The van der Waals surface area contributed by atoms with Gasteiger partial charge in [0.15, 0.2) is 0 Å². The van der Waals surface area contributed by atoms with Crippen molar-refractivity contribution in [1.82, 2.24) is 9.88 Å². The number of aromatic amines is 1. The summed E-state index contributed by atoms with van der Waals surface area (Å²) in [5.41, 5.74) is 4.05. The molecule has 0 radical (unpaired) electrons. The minimum absolute atomic E-state index is 0.597. The van der Waals surface area contributed by atoms with Crippen LogP contribution in [0.1, 0.15) is 25.0 Å². The molecular weight excluding hydrogens is 236 g/mol. The zero-order valence-electron chi connectivity index (χ0n) is 12.0. The largest absolute Gasteiger partial charge is 0.493 e. The Kier molecular flexibility index (Phi) is 3.23. The number of nitrogens with zero attached hydrogens (tertiary/aromatic N) is 1. The van der Waals surface area contributed by atoms with Crippen molar-refractivity contribution in [1.29, 1.82) is 0 Å². The molecule has 0 unspecified atom stereocenters. The van der Waals surface area contributed by atoms with Crippen LogP contribution in [0.4, 0.5) is 0 Å². The second-order valence-corrected chi connectivity index (χ2v) is 5.70. The molecule has 0 saturated heterocycles. The van der Waals surface area contributed by atoms with E-state index in [9.17, 15) is 0 Å². The number of hydrogen-bond donors (Lipinski definition) is 1. The van der Waals surface area contributed by atoms with Crippen LogP contribution in [0.2, 0.25) is 0 Å². The number of benzene rings is 1. The maximum atomic E-state index is 5.67. The van der Waals surface area contributed by atoms with E-state index in [-0.39, 0.29) is 0 Å². The van der Waals surface area contributed by atoms with Gasteiger partial charge in [0.25, 0.3) is 0 Å². The van der Waals surface area contributed by atoms with E-state index >= 15 is 0 Å². The van der Waals surface area contributed by atoms with Crippen LogP contribution in [-0.2, 0) is 12.8 Å². The van der Waals surface area contributed by atoms with Crippen LogP contribution in [-0.4, -0.2) is 36.1 Å². The molecule has 0 spiro atoms. The molecular formula is C16H22N2O. The molecule has 0 amide bonds. The third-order valence-corrected chi connectivity index (χ3v) is 4.22. The predicted octanol–water partition coefficient (Wildman–Crippen LogP) is 2.99. The van der Waals surface area contributed by atoms with E-state index in [0.29, 0.717) is 6.04 Å². The third-order valence-electron chi connectivity index (χ3n) is 4.22. The molecule has 2 aromatic rings. The summed E-state index contributed by atoms with van der Waals surface area (Å²) in [4.78, 5) is 5.78. The molecule has 0 saturated carbocycles. The maximum absolute atomic E-state index is 5.67. The Balaban J connectivity index is 1.90. The van der Waals surface area contributed by atoms with E-state index < -0.39 is 0 Å². The summed E-state index contributed by atoms with van der Waals surface area (Å²) >= 11 is 0. The van der Waals surface area contributed by atoms with Crippen LogP contribution in [0.15, 0.2) is 18.3 Å². The van der Waals surface area contributed by atoms with Gasteiger partial charge in [-0.25, -0.2) is 0 Å². The first-order valence-electron chi connectivity index (χ1n) is 7.11. The molecule has 1 aliphatic rings. The van der Waals surface area contributed by atoms with Crippen molar-refractivity contribution in [2.24, 2.45) is 0 Å². The summed E-state index contributed by atoms with van der Waals surface area (Å²) in [5, 5.41) is 1.40. The Labute approximate surface area is 114 Å². The molecule has 2 heterocycles. The first-order valence-corrected chi connectivity index (χ1v) is 7.11. The number of nitrogens with one attached hydrogen (secondary N) is 1. The molecule has 0 atom stereocenters. The molecule has 3 rings (SSSR count). The lowest BCUT2D eigenvalue weighted by Gasteiger charge is -2.20. The second-order valence-electron chi connectivity index (χ2n) is 5.70. The van der Waals surface area contributed by atoms with Gasteiger partial charge in [-0.05, 0) is 45.0 Å². The molecule has 102 valence electrons. The van der Waals surface area contributed by atoms with Crippen LogP contribution >= 0.6 is 0 Å². The fourth-order valence-electron chi connectivity index (χ4n) is 2.75. The Morgan fingerprint density at radius 2 is 2.21 bits per heavy atom. The van der Waals surface area contributed by atoms with Crippen LogP contribution in [0, 0.1) is 0 Å². The number of ether oxygens (including phenoxy) is 1. The van der Waals surface area contributed by atoms with Gasteiger partial charge in [-0.2, -0.15) is 0 Å². The summed E-state index contributed by atoms with van der Waals surface area (Å²) < 4.78 is 5.67. The number of aromatic nitrogens is 1. The molecule has 0 bridgehead atoms. The van der Waals surface area contributed by atoms with Crippen LogP contribution in [0.25, 0.3) is 10.9 Å². The summed E-state index contributed by atoms with van der Waals surface area (Å²) in [6.07, 6.45) is 4.29. The van der Waals surface area contributed by atoms with Gasteiger partial charge in [-0.3, -0.25) is 0 Å². The molecule has 19 heavy (non-hydrogen) atoms. The number of fused-ring (bicyclic) bond motifs is 3. The van der Waals surface area contributed by atoms with Gasteiger partial charge in [-0.1, -0.05) is 0 Å². The Bertz CT molecular complexity index is 586. The highest BCUT2D eigenvalue weighted by atomic mass is 16.5. The number of rotatable bonds is 4. The maximum Gasteiger partial charge on any atom is 0.123 e. The van der Waals surface area contributed by atoms with E-state index in [4.69, 9.17) is 4.74 Å². The van der Waals surface area contributed by atoms with E-state index in [1.54, 1.807) is 0 Å². The second kappa shape index (κ2) is 4.89. The third kappa shape index (κ3) is 2.23. The molecule has 1 N–H and O–H groups in total. The van der Waals surface area contributed by atoms with Gasteiger partial charge in [0.05, 0.1) is 6.61 Å². The molecule has 0 aliphatic carbocycles. The van der Waals surface area contributed by atoms with Crippen molar-refractivity contribution in [2.45, 2.75) is 32.7 Å². The summed E-state index contributed by atoms with van der Waals surface area (Å²) in [5.74, 6) is 1.07. The predicted molar refractivity (Wildman–Crippen MR) is 79.0 cm³/mol. The van der Waals surface area contributed by atoms with E-state index in [2.05, 4.69) is 49.1 Å². The highest BCUT2D eigenvalue weighted by Gasteiger charge is 2.18. The first kappa shape index (κ1) is 12.5. The van der Waals surface area contributed by atoms with Gasteiger partial charge < -0.3 is 14.6 Å². The lowest BCUT2D eigenvalue weighted by molar-refractivity contribution is 0.278. The lowest BCUT2D eigenvalue weighted by atomic mass is 10.0. The molecule has 0 fully saturated rings. The summed E-state index contributed by atoms with van der Waals surface area (Å²) in [6.45, 7) is 6.39. The fraction of sp³-hybridized carbons (Fsp3) is 0.500. The van der Waals surface area contributed by atoms with Crippen molar-refractivity contribution in [3.8, 4) is 5.75 Å². The smallest absolute Gasteiger partial charge is 0.123 e. The van der Waals surface area contributed by atoms with Gasteiger partial charge in [-0.15, -0.1) is 0 Å². The molecule has 3 heteroatoms. The van der Waals surface area contributed by atoms with Crippen molar-refractivity contribution >= 4 is 10.9 Å². The number of likely N-dealkylation sites (N-methyl/N-ethyl adjacent to an activating group) is 1. The minimum atomic E-state index is 0.597. The Hall–Kier alpha value is -1.48. The average molecular weight is 258 g/mol. The Morgan fingerprint density at radius 1 is 1.37 bits per heavy atom. The average Bonchev–Trinajstić information content (AvgIpc) is 3.01. The highest BCUT2D eigenvalue weighted by molar-refractivity contribution is 5.89. The van der Waals surface area contributed by atoms with Crippen molar-refractivity contribution in [2.75, 3.05) is 20.2 Å². The standard InChI is InChI=1S/C16H22N2O/c1-11(2)18(3)8-6-12-10-17-14-4-5-15-13(16(12)14)7-9-19-15/h4-5,10-11,17H,6-9H2,1-3H3. The van der Waals surface area contributed by atoms with Crippen LogP contribution in [0.5, 0.6) is 5.75 Å². The van der Waals surface area contributed by atoms with E-state index in [0.717, 1.165) is 31.7 Å². The van der Waals surface area contributed by atoms with Crippen molar-refractivity contribution in [3.05, 3.63) is 29.5 Å². The number of H-pyrrole nitrogens is 1. The topological polar surface area (TPSA) is 28.3 Å². The molecule has 3 nitrogen and oxygen atoms in total. The summed E-state index contributed by atoms with van der Waals surface area (Å²) in [6, 6.07) is 4.82. The van der Waals surface area contributed by atoms with Crippen molar-refractivity contribution in [3.63, 3.8) is 0 Å². The van der Waals surface area contributed by atoms with Gasteiger partial charge in [0.2, 0.25) is 0 Å². The fourth-order valence-corrected chi connectivity index (χ4v) is 2.75. The number of hydrogen-bond acceptors (Lipinski definition) is 2. The zero-order chi connectivity index (χ0) is 13.4. The lowest BCUT2D eigenvalue weighted by Crippen LogP contribution is -2.28. The minimum Gasteiger partial charge on any atom is -0.493 e. The van der Waals surface area contributed by atoms with Crippen LogP contribution in [0.3, 0.4) is 0 Å². The molecule has 1 aromatic heterocycles. The van der Waals surface area contributed by atoms with Gasteiger partial charge in [0.1, 0.15) is 5.75 Å². The van der Waals surface area contributed by atoms with Crippen molar-refractivity contribution < 1.29 is 4.74 Å². The Morgan fingerprint density at radius 3 is 3.00 bits per heavy atom. The zero-order valence-corrected chi connectivity index (χ0v) is 12.0.